The third-order valence-electron chi connectivity index (χ3n) is 9.23. The van der Waals surface area contributed by atoms with Crippen molar-refractivity contribution in [2.45, 2.75) is 78.1 Å². The molecule has 4 aliphatic rings. The quantitative estimate of drug-likeness (QED) is 0.746. The monoisotopic (exact) mass is 317 g/mol. The molecule has 7 atom stereocenters. The summed E-state index contributed by atoms with van der Waals surface area (Å²) in [4.78, 5) is 10.7. The Balaban J connectivity index is 1.56. The van der Waals surface area contributed by atoms with E-state index in [1.165, 1.54) is 64.2 Å². The second-order valence-electron chi connectivity index (χ2n) is 9.75. The van der Waals surface area contributed by atoms with E-state index < -0.39 is 0 Å². The van der Waals surface area contributed by atoms with E-state index in [1.807, 2.05) is 0 Å². The number of hydrogen-bond acceptors (Lipinski definition) is 1. The van der Waals surface area contributed by atoms with Crippen LogP contribution in [0.1, 0.15) is 78.1 Å². The lowest BCUT2D eigenvalue weighted by Gasteiger charge is -2.60. The average Bonchev–Trinajstić information content (AvgIpc) is 2.89. The average molecular weight is 318 g/mol. The van der Waals surface area contributed by atoms with Gasteiger partial charge in [0.1, 0.15) is 0 Å². The van der Waals surface area contributed by atoms with E-state index >= 15 is 0 Å². The molecule has 2 nitrogen and oxygen atoms in total. The van der Waals surface area contributed by atoms with Crippen molar-refractivity contribution in [2.75, 3.05) is 6.54 Å². The Bertz CT molecular complexity index is 463. The second kappa shape index (κ2) is 5.77. The first-order valence-corrected chi connectivity index (χ1v) is 10.3. The van der Waals surface area contributed by atoms with Gasteiger partial charge in [-0.25, -0.2) is 0 Å². The van der Waals surface area contributed by atoms with Crippen molar-refractivity contribution in [3.05, 3.63) is 0 Å². The topological polar surface area (TPSA) is 29.1 Å². The molecule has 4 fully saturated rings. The number of carbonyl (C=O) groups excluding carboxylic acids is 1. The Kier molecular flexibility index (Phi) is 4.01. The van der Waals surface area contributed by atoms with Crippen molar-refractivity contribution < 1.29 is 4.79 Å². The first-order valence-electron chi connectivity index (χ1n) is 10.3. The second-order valence-corrected chi connectivity index (χ2v) is 9.75. The summed E-state index contributed by atoms with van der Waals surface area (Å²) in [5.41, 5.74) is 1.15. The standard InChI is InChI=1S/C21H35NO/c1-20-11-4-3-5-15(20)6-8-17-18-9-7-16(13-22-14-23)21(18,2)12-10-19(17)20/h14-19H,3-13H2,1-2H3,(H,22,23)/t15?,16?,17-,18-,19-,20-,21+/m0/s1. The predicted octanol–water partition coefficient (Wildman–Crippen LogP) is 4.78. The minimum absolute atomic E-state index is 0.495. The molecule has 0 bridgehead atoms. The zero-order valence-electron chi connectivity index (χ0n) is 15.2. The van der Waals surface area contributed by atoms with Crippen LogP contribution in [0.5, 0.6) is 0 Å². The van der Waals surface area contributed by atoms with Gasteiger partial charge < -0.3 is 5.32 Å². The van der Waals surface area contributed by atoms with Crippen molar-refractivity contribution in [3.63, 3.8) is 0 Å². The van der Waals surface area contributed by atoms with E-state index in [4.69, 9.17) is 0 Å². The Morgan fingerprint density at radius 1 is 0.913 bits per heavy atom. The molecule has 2 unspecified atom stereocenters. The van der Waals surface area contributed by atoms with E-state index in [-0.39, 0.29) is 0 Å². The number of nitrogens with one attached hydrogen (secondary N) is 1. The summed E-state index contributed by atoms with van der Waals surface area (Å²) < 4.78 is 0. The Morgan fingerprint density at radius 2 is 1.74 bits per heavy atom. The van der Waals surface area contributed by atoms with Crippen LogP contribution < -0.4 is 5.32 Å². The normalized spacial score (nSPS) is 52.2. The smallest absolute Gasteiger partial charge is 0.207 e. The highest BCUT2D eigenvalue weighted by molar-refractivity contribution is 5.45. The first kappa shape index (κ1) is 16.0. The lowest BCUT2D eigenvalue weighted by molar-refractivity contribution is -0.113. The fraction of sp³-hybridized carbons (Fsp3) is 0.952. The molecule has 0 saturated heterocycles. The number of fused-ring (bicyclic) bond motifs is 5. The molecule has 0 aromatic carbocycles. The molecule has 1 amide bonds. The third kappa shape index (κ3) is 2.30. The van der Waals surface area contributed by atoms with Crippen LogP contribution in [0, 0.1) is 40.4 Å². The van der Waals surface area contributed by atoms with Gasteiger partial charge in [-0.2, -0.15) is 0 Å². The summed E-state index contributed by atoms with van der Waals surface area (Å²) in [6.45, 7) is 6.14. The van der Waals surface area contributed by atoms with Crippen molar-refractivity contribution in [3.8, 4) is 0 Å². The minimum Gasteiger partial charge on any atom is -0.358 e. The molecule has 4 saturated carbocycles. The van der Waals surface area contributed by atoms with Gasteiger partial charge in [-0.15, -0.1) is 0 Å². The van der Waals surface area contributed by atoms with Crippen LogP contribution >= 0.6 is 0 Å². The largest absolute Gasteiger partial charge is 0.358 e. The molecule has 1 N–H and O–H groups in total. The summed E-state index contributed by atoms with van der Waals surface area (Å²) in [6, 6.07) is 0. The predicted molar refractivity (Wildman–Crippen MR) is 93.9 cm³/mol. The van der Waals surface area contributed by atoms with Gasteiger partial charge in [0.15, 0.2) is 0 Å². The highest BCUT2D eigenvalue weighted by atomic mass is 16.1. The van der Waals surface area contributed by atoms with Gasteiger partial charge in [-0.3, -0.25) is 4.79 Å². The molecule has 0 heterocycles. The summed E-state index contributed by atoms with van der Waals surface area (Å²) in [7, 11) is 0. The summed E-state index contributed by atoms with van der Waals surface area (Å²) in [6.07, 6.45) is 15.5. The van der Waals surface area contributed by atoms with Crippen molar-refractivity contribution >= 4 is 6.41 Å². The molecule has 0 aromatic rings. The van der Waals surface area contributed by atoms with E-state index in [9.17, 15) is 4.79 Å². The van der Waals surface area contributed by atoms with Crippen LogP contribution in [0.2, 0.25) is 0 Å². The van der Waals surface area contributed by atoms with Crippen LogP contribution in [-0.2, 0) is 4.79 Å². The molecule has 23 heavy (non-hydrogen) atoms. The van der Waals surface area contributed by atoms with Gasteiger partial charge in [0.05, 0.1) is 0 Å². The summed E-state index contributed by atoms with van der Waals surface area (Å²) >= 11 is 0. The maximum Gasteiger partial charge on any atom is 0.207 e. The lowest BCUT2D eigenvalue weighted by Crippen LogP contribution is -2.53. The van der Waals surface area contributed by atoms with E-state index in [2.05, 4.69) is 19.2 Å². The molecular weight excluding hydrogens is 282 g/mol. The summed E-state index contributed by atoms with van der Waals surface area (Å²) in [5.74, 6) is 4.65. The van der Waals surface area contributed by atoms with Gasteiger partial charge in [-0.1, -0.05) is 26.7 Å². The molecule has 4 aliphatic carbocycles. The van der Waals surface area contributed by atoms with Gasteiger partial charge in [0.2, 0.25) is 6.41 Å². The molecule has 0 aromatic heterocycles. The van der Waals surface area contributed by atoms with Crippen LogP contribution in [0.15, 0.2) is 0 Å². The summed E-state index contributed by atoms with van der Waals surface area (Å²) in [5, 5.41) is 2.99. The van der Waals surface area contributed by atoms with Gasteiger partial charge in [-0.05, 0) is 91.8 Å². The van der Waals surface area contributed by atoms with Gasteiger partial charge in [0.25, 0.3) is 0 Å². The zero-order valence-corrected chi connectivity index (χ0v) is 15.2. The maximum atomic E-state index is 10.7. The molecule has 4 rings (SSSR count). The lowest BCUT2D eigenvalue weighted by atomic mass is 9.45. The fourth-order valence-electron chi connectivity index (χ4n) is 7.93. The minimum atomic E-state index is 0.495. The molecule has 0 aliphatic heterocycles. The highest BCUT2D eigenvalue weighted by Gasteiger charge is 2.59. The van der Waals surface area contributed by atoms with Crippen LogP contribution in [0.3, 0.4) is 0 Å². The Labute approximate surface area is 142 Å². The molecular formula is C21H35NO. The van der Waals surface area contributed by atoms with Crippen molar-refractivity contribution in [1.29, 1.82) is 0 Å². The highest BCUT2D eigenvalue weighted by Crippen LogP contribution is 2.67. The van der Waals surface area contributed by atoms with E-state index in [1.54, 1.807) is 0 Å². The number of amides is 1. The molecule has 130 valence electrons. The molecule has 2 heteroatoms. The van der Waals surface area contributed by atoms with Crippen LogP contribution in [0.25, 0.3) is 0 Å². The Hall–Kier alpha value is -0.530. The van der Waals surface area contributed by atoms with Crippen LogP contribution in [0.4, 0.5) is 0 Å². The molecule has 0 radical (unpaired) electrons. The molecule has 0 spiro atoms. The number of rotatable bonds is 3. The van der Waals surface area contributed by atoms with Crippen LogP contribution in [-0.4, -0.2) is 13.0 Å². The van der Waals surface area contributed by atoms with Gasteiger partial charge in [0, 0.05) is 6.54 Å². The van der Waals surface area contributed by atoms with Crippen molar-refractivity contribution in [1.82, 2.24) is 5.32 Å². The van der Waals surface area contributed by atoms with Gasteiger partial charge >= 0.3 is 0 Å². The van der Waals surface area contributed by atoms with E-state index in [0.29, 0.717) is 10.8 Å². The zero-order chi connectivity index (χ0) is 16.1. The Morgan fingerprint density at radius 3 is 2.57 bits per heavy atom. The van der Waals surface area contributed by atoms with E-state index in [0.717, 1.165) is 42.5 Å². The first-order chi connectivity index (χ1) is 11.1. The maximum absolute atomic E-state index is 10.7. The van der Waals surface area contributed by atoms with Crippen molar-refractivity contribution in [2.24, 2.45) is 40.4 Å². The number of hydrogen-bond donors (Lipinski definition) is 1. The SMILES string of the molecule is C[C@]12CCCCC1CC[C@@H]1[C@@H]2CC[C@]2(C)C(CNC=O)CC[C@@H]12. The number of carbonyl (C=O) groups is 1. The fourth-order valence-corrected chi connectivity index (χ4v) is 7.93. The third-order valence-corrected chi connectivity index (χ3v) is 9.23.